The number of fused-ring (bicyclic) bond motifs is 1. The average molecular weight is 801 g/mol. The van der Waals surface area contributed by atoms with E-state index in [9.17, 15) is 24.9 Å². The lowest BCUT2D eigenvalue weighted by molar-refractivity contribution is -0.318. The highest BCUT2D eigenvalue weighted by molar-refractivity contribution is 5.73. The number of hydrogen-bond donors (Lipinski definition) is 3. The molecule has 56 heavy (non-hydrogen) atoms. The molecule has 0 aromatic heterocycles. The SMILES string of the molecule is C=CCN1C[C@H](C)CC(C)(O)C(OC2OC(C)CC(N(C)C)C2O)C(C)C(OC2CC(C)(OC)C(O)C(C)O2)C(C)C(=O)OC(CC)[C@@]2(C)OC(=O)OC2[C@H]1C. The third kappa shape index (κ3) is 9.91. The summed E-state index contributed by atoms with van der Waals surface area (Å²) in [7, 11) is 5.29. The predicted octanol–water partition coefficient (Wildman–Crippen LogP) is 3.64. The van der Waals surface area contributed by atoms with Crippen molar-refractivity contribution in [2.24, 2.45) is 17.8 Å². The number of aliphatic hydroxyl groups is 3. The maximum Gasteiger partial charge on any atom is 0.509 e. The number of likely N-dealkylation sites (N-methyl/N-ethyl adjacent to an activating group) is 1. The van der Waals surface area contributed by atoms with Gasteiger partial charge in [0.1, 0.15) is 18.3 Å². The lowest BCUT2D eigenvalue weighted by atomic mass is 9.77. The Labute approximate surface area is 334 Å². The number of aliphatic hydroxyl groups excluding tert-OH is 2. The Balaban J connectivity index is 1.86. The number of methoxy groups -OCH3 is 1. The smallest absolute Gasteiger partial charge is 0.458 e. The van der Waals surface area contributed by atoms with Crippen LogP contribution in [0.3, 0.4) is 0 Å². The summed E-state index contributed by atoms with van der Waals surface area (Å²) in [4.78, 5) is 31.4. The lowest BCUT2D eigenvalue weighted by Crippen LogP contribution is -2.60. The second-order valence-electron chi connectivity index (χ2n) is 17.9. The Morgan fingerprint density at radius 1 is 1.00 bits per heavy atom. The van der Waals surface area contributed by atoms with Crippen molar-refractivity contribution in [3.63, 3.8) is 0 Å². The fourth-order valence-electron chi connectivity index (χ4n) is 9.62. The Kier molecular flexibility index (Phi) is 15.5. The van der Waals surface area contributed by atoms with Crippen molar-refractivity contribution in [3.8, 4) is 0 Å². The van der Waals surface area contributed by atoms with Crippen molar-refractivity contribution in [1.82, 2.24) is 9.80 Å². The Morgan fingerprint density at radius 3 is 2.25 bits per heavy atom. The molecule has 0 spiro atoms. The third-order valence-corrected chi connectivity index (χ3v) is 12.9. The van der Waals surface area contributed by atoms with Gasteiger partial charge in [0.05, 0.1) is 41.5 Å². The van der Waals surface area contributed by atoms with E-state index >= 15 is 0 Å². The van der Waals surface area contributed by atoms with Crippen LogP contribution >= 0.6 is 0 Å². The summed E-state index contributed by atoms with van der Waals surface area (Å²) in [5.74, 6) is -2.55. The fraction of sp³-hybridized carbons (Fsp3) is 0.902. The molecule has 4 rings (SSSR count). The molecule has 0 radical (unpaired) electrons. The minimum Gasteiger partial charge on any atom is -0.458 e. The minimum atomic E-state index is -1.58. The second-order valence-corrected chi connectivity index (χ2v) is 17.9. The maximum absolute atomic E-state index is 14.5. The Bertz CT molecular complexity index is 1340. The minimum absolute atomic E-state index is 0.132. The first-order valence-electron chi connectivity index (χ1n) is 20.4. The first-order valence-corrected chi connectivity index (χ1v) is 20.4. The molecular weight excluding hydrogens is 728 g/mol. The third-order valence-electron chi connectivity index (χ3n) is 12.9. The standard InChI is InChI=1S/C41H72N2O13/c1-15-17-43-21-22(3)19-39(9,48)34(54-37-31(44)28(42(12)13)18-23(4)50-37)24(5)32(53-30-20-40(10,49-14)33(45)27(8)51-30)25(6)36(46)52-29(16-2)41(11)35(26(43)7)55-38(47)56-41/h15,22-35,37,44-45,48H,1,16-21H2,2-14H3/t22-,23?,24?,25?,26-,27?,28?,29?,30?,31?,32?,33?,34?,35?,37?,39?,40?,41-/m1/s1. The molecule has 0 bridgehead atoms. The van der Waals surface area contributed by atoms with Gasteiger partial charge in [-0.2, -0.15) is 0 Å². The van der Waals surface area contributed by atoms with Crippen molar-refractivity contribution >= 4 is 12.1 Å². The van der Waals surface area contributed by atoms with E-state index in [1.165, 1.54) is 7.11 Å². The zero-order valence-electron chi connectivity index (χ0n) is 36.0. The summed E-state index contributed by atoms with van der Waals surface area (Å²) >= 11 is 0. The maximum atomic E-state index is 14.5. The largest absolute Gasteiger partial charge is 0.509 e. The number of nitrogens with zero attached hydrogens (tertiary/aromatic N) is 2. The number of hydrogen-bond acceptors (Lipinski definition) is 15. The molecule has 15 nitrogen and oxygen atoms in total. The van der Waals surface area contributed by atoms with Crippen LogP contribution in [0.25, 0.3) is 0 Å². The van der Waals surface area contributed by atoms with Gasteiger partial charge in [-0.3, -0.25) is 9.69 Å². The quantitative estimate of drug-likeness (QED) is 0.228. The van der Waals surface area contributed by atoms with Crippen LogP contribution < -0.4 is 0 Å². The molecule has 0 aliphatic carbocycles. The average Bonchev–Trinajstić information content (AvgIpc) is 3.43. The van der Waals surface area contributed by atoms with Crippen LogP contribution in [0.4, 0.5) is 4.79 Å². The Hall–Kier alpha value is -1.92. The molecule has 4 heterocycles. The molecule has 0 amide bonds. The van der Waals surface area contributed by atoms with Crippen molar-refractivity contribution in [3.05, 3.63) is 12.7 Å². The van der Waals surface area contributed by atoms with Crippen LogP contribution in [0.2, 0.25) is 0 Å². The normalized spacial score (nSPS) is 47.6. The summed E-state index contributed by atoms with van der Waals surface area (Å²) in [6.07, 6.45) is -6.61. The van der Waals surface area contributed by atoms with Crippen molar-refractivity contribution < 1.29 is 62.8 Å². The topological polar surface area (TPSA) is 175 Å². The molecule has 4 aliphatic rings. The first kappa shape index (κ1) is 46.8. The lowest BCUT2D eigenvalue weighted by Gasteiger charge is -2.48. The summed E-state index contributed by atoms with van der Waals surface area (Å²) in [6.45, 7) is 23.1. The van der Waals surface area contributed by atoms with Gasteiger partial charge >= 0.3 is 12.1 Å². The molecule has 15 unspecified atom stereocenters. The van der Waals surface area contributed by atoms with E-state index in [1.54, 1.807) is 40.7 Å². The number of ether oxygens (including phenoxy) is 8. The molecule has 18 atom stereocenters. The Morgan fingerprint density at radius 2 is 1.66 bits per heavy atom. The summed E-state index contributed by atoms with van der Waals surface area (Å²) in [5, 5.41) is 35.3. The summed E-state index contributed by atoms with van der Waals surface area (Å²) in [6, 6.07) is -0.682. The zero-order valence-corrected chi connectivity index (χ0v) is 36.0. The molecule has 15 heteroatoms. The summed E-state index contributed by atoms with van der Waals surface area (Å²) in [5.41, 5.74) is -3.94. The van der Waals surface area contributed by atoms with E-state index in [4.69, 9.17) is 37.9 Å². The molecule has 3 N–H and O–H groups in total. The highest BCUT2D eigenvalue weighted by atomic mass is 16.8. The monoisotopic (exact) mass is 801 g/mol. The van der Waals surface area contributed by atoms with Crippen LogP contribution in [0.15, 0.2) is 12.7 Å². The molecule has 0 aromatic rings. The van der Waals surface area contributed by atoms with Gasteiger partial charge in [-0.05, 0) is 87.7 Å². The van der Waals surface area contributed by atoms with Crippen molar-refractivity contribution in [2.45, 2.75) is 185 Å². The van der Waals surface area contributed by atoms with E-state index in [0.29, 0.717) is 25.9 Å². The molecule has 4 saturated heterocycles. The van der Waals surface area contributed by atoms with Crippen LogP contribution in [0.5, 0.6) is 0 Å². The van der Waals surface area contributed by atoms with E-state index in [0.717, 1.165) is 0 Å². The van der Waals surface area contributed by atoms with Gasteiger partial charge < -0.3 is 58.1 Å². The molecule has 0 aromatic carbocycles. The van der Waals surface area contributed by atoms with Crippen LogP contribution in [-0.2, 0) is 42.7 Å². The van der Waals surface area contributed by atoms with Gasteiger partial charge in [0, 0.05) is 44.6 Å². The van der Waals surface area contributed by atoms with Crippen LogP contribution in [0.1, 0.15) is 94.9 Å². The van der Waals surface area contributed by atoms with Gasteiger partial charge in [0.15, 0.2) is 24.3 Å². The van der Waals surface area contributed by atoms with Crippen molar-refractivity contribution in [2.75, 3.05) is 34.3 Å². The number of esters is 1. The number of carbonyl (C=O) groups excluding carboxylic acids is 2. The number of rotatable bonds is 9. The van der Waals surface area contributed by atoms with Crippen molar-refractivity contribution in [1.29, 1.82) is 0 Å². The van der Waals surface area contributed by atoms with E-state index in [1.807, 2.05) is 53.6 Å². The van der Waals surface area contributed by atoms with Gasteiger partial charge in [0.25, 0.3) is 0 Å². The van der Waals surface area contributed by atoms with Gasteiger partial charge in [-0.15, -0.1) is 6.58 Å². The van der Waals surface area contributed by atoms with Gasteiger partial charge in [-0.1, -0.05) is 26.8 Å². The van der Waals surface area contributed by atoms with Crippen LogP contribution in [0, 0.1) is 17.8 Å². The number of carbonyl (C=O) groups is 2. The molecule has 0 saturated carbocycles. The highest BCUT2D eigenvalue weighted by Crippen LogP contribution is 2.42. The van der Waals surface area contributed by atoms with Crippen LogP contribution in [-0.4, -0.2) is 162 Å². The molecule has 4 aliphatic heterocycles. The fourth-order valence-corrected chi connectivity index (χ4v) is 9.62. The summed E-state index contributed by atoms with van der Waals surface area (Å²) < 4.78 is 49.8. The first-order chi connectivity index (χ1) is 26.0. The molecular formula is C41H72N2O13. The zero-order chi connectivity index (χ0) is 42.1. The van der Waals surface area contributed by atoms with E-state index in [2.05, 4.69) is 11.5 Å². The molecule has 4 fully saturated rings. The van der Waals surface area contributed by atoms with Gasteiger partial charge in [0.2, 0.25) is 0 Å². The predicted molar refractivity (Wildman–Crippen MR) is 206 cm³/mol. The highest BCUT2D eigenvalue weighted by Gasteiger charge is 2.58. The van der Waals surface area contributed by atoms with E-state index < -0.39 is 102 Å². The van der Waals surface area contributed by atoms with E-state index in [-0.39, 0.29) is 30.9 Å². The molecule has 324 valence electrons. The van der Waals surface area contributed by atoms with Gasteiger partial charge in [-0.25, -0.2) is 4.79 Å². The number of cyclic esters (lactones) is 1. The second kappa shape index (κ2) is 18.6.